The summed E-state index contributed by atoms with van der Waals surface area (Å²) in [6.07, 6.45) is 3.40. The molecule has 0 spiro atoms. The number of aryl methyl sites for hydroxylation is 1. The van der Waals surface area contributed by atoms with E-state index in [2.05, 4.69) is 25.5 Å². The van der Waals surface area contributed by atoms with Gasteiger partial charge >= 0.3 is 0 Å². The molecule has 0 unspecified atom stereocenters. The first-order chi connectivity index (χ1) is 10.2. The van der Waals surface area contributed by atoms with Gasteiger partial charge in [-0.25, -0.2) is 4.98 Å². The molecule has 3 heterocycles. The molecule has 6 nitrogen and oxygen atoms in total. The number of hydrogen-bond acceptors (Lipinski definition) is 4. The molecule has 0 atom stereocenters. The van der Waals surface area contributed by atoms with Crippen LogP contribution in [0.5, 0.6) is 0 Å². The van der Waals surface area contributed by atoms with Crippen LogP contribution in [0.4, 0.5) is 5.82 Å². The Morgan fingerprint density at radius 2 is 2.00 bits per heavy atom. The van der Waals surface area contributed by atoms with Crippen LogP contribution in [0.25, 0.3) is 11.3 Å². The van der Waals surface area contributed by atoms with Crippen molar-refractivity contribution in [2.45, 2.75) is 6.92 Å². The Labute approximate surface area is 121 Å². The maximum atomic E-state index is 12.1. The molecular formula is C15H13N5O. The molecule has 0 fully saturated rings. The lowest BCUT2D eigenvalue weighted by atomic mass is 10.2. The van der Waals surface area contributed by atoms with Crippen molar-refractivity contribution in [1.82, 2.24) is 20.2 Å². The van der Waals surface area contributed by atoms with Crippen molar-refractivity contribution >= 4 is 11.7 Å². The summed E-state index contributed by atoms with van der Waals surface area (Å²) in [4.78, 5) is 20.2. The summed E-state index contributed by atoms with van der Waals surface area (Å²) in [5.74, 6) is 0.168. The number of aromatic nitrogens is 4. The highest BCUT2D eigenvalue weighted by Crippen LogP contribution is 2.18. The number of nitrogens with zero attached hydrogens (tertiary/aromatic N) is 3. The van der Waals surface area contributed by atoms with Gasteiger partial charge in [0.15, 0.2) is 5.82 Å². The molecule has 3 rings (SSSR count). The van der Waals surface area contributed by atoms with Crippen LogP contribution in [0.2, 0.25) is 0 Å². The third-order valence-electron chi connectivity index (χ3n) is 2.93. The summed E-state index contributed by atoms with van der Waals surface area (Å²) < 4.78 is 0. The third kappa shape index (κ3) is 2.94. The monoisotopic (exact) mass is 279 g/mol. The van der Waals surface area contributed by atoms with Crippen LogP contribution in [-0.2, 0) is 0 Å². The number of carbonyl (C=O) groups excluding carboxylic acids is 1. The van der Waals surface area contributed by atoms with Gasteiger partial charge in [0.2, 0.25) is 0 Å². The number of rotatable bonds is 3. The van der Waals surface area contributed by atoms with Crippen molar-refractivity contribution in [2.24, 2.45) is 0 Å². The van der Waals surface area contributed by atoms with E-state index in [0.29, 0.717) is 11.5 Å². The minimum Gasteiger partial charge on any atom is -0.304 e. The van der Waals surface area contributed by atoms with Crippen molar-refractivity contribution in [3.05, 3.63) is 60.2 Å². The van der Waals surface area contributed by atoms with Crippen LogP contribution in [0.1, 0.15) is 16.2 Å². The maximum Gasteiger partial charge on any atom is 0.275 e. The molecule has 0 radical (unpaired) electrons. The Kier molecular flexibility index (Phi) is 3.42. The summed E-state index contributed by atoms with van der Waals surface area (Å²) >= 11 is 0. The molecule has 3 aromatic heterocycles. The van der Waals surface area contributed by atoms with Gasteiger partial charge in [0.05, 0.1) is 5.69 Å². The average molecular weight is 279 g/mol. The van der Waals surface area contributed by atoms with Gasteiger partial charge in [0.1, 0.15) is 5.69 Å². The highest BCUT2D eigenvalue weighted by Gasteiger charge is 2.10. The Balaban J connectivity index is 1.77. The minimum atomic E-state index is -0.286. The lowest BCUT2D eigenvalue weighted by Gasteiger charge is -2.01. The fourth-order valence-corrected chi connectivity index (χ4v) is 1.91. The molecule has 0 bridgehead atoms. The largest absolute Gasteiger partial charge is 0.304 e. The molecule has 0 saturated heterocycles. The van der Waals surface area contributed by atoms with Gasteiger partial charge in [-0.1, -0.05) is 6.07 Å². The third-order valence-corrected chi connectivity index (χ3v) is 2.93. The normalized spacial score (nSPS) is 10.3. The predicted octanol–water partition coefficient (Wildman–Crippen LogP) is 2.43. The highest BCUT2D eigenvalue weighted by atomic mass is 16.1. The number of aromatic amines is 1. The Bertz CT molecular complexity index is 766. The SMILES string of the molecule is Cc1cccc(C(=O)Nc2cc(-c3ccncc3)[nH]n2)n1. The van der Waals surface area contributed by atoms with E-state index in [1.165, 1.54) is 0 Å². The fourth-order valence-electron chi connectivity index (χ4n) is 1.91. The van der Waals surface area contributed by atoms with Gasteiger partial charge < -0.3 is 5.32 Å². The molecule has 0 saturated carbocycles. The Morgan fingerprint density at radius 1 is 1.19 bits per heavy atom. The molecule has 0 aliphatic rings. The van der Waals surface area contributed by atoms with Gasteiger partial charge in [-0.2, -0.15) is 5.10 Å². The molecule has 0 aliphatic carbocycles. The molecule has 2 N–H and O–H groups in total. The Hall–Kier alpha value is -3.02. The van der Waals surface area contributed by atoms with Crippen LogP contribution in [-0.4, -0.2) is 26.1 Å². The summed E-state index contributed by atoms with van der Waals surface area (Å²) in [7, 11) is 0. The zero-order valence-electron chi connectivity index (χ0n) is 11.4. The first-order valence-electron chi connectivity index (χ1n) is 6.43. The number of pyridine rings is 2. The van der Waals surface area contributed by atoms with Gasteiger partial charge in [0, 0.05) is 29.7 Å². The number of H-pyrrole nitrogens is 1. The second kappa shape index (κ2) is 5.54. The van der Waals surface area contributed by atoms with Crippen molar-refractivity contribution in [2.75, 3.05) is 5.32 Å². The van der Waals surface area contributed by atoms with Crippen LogP contribution >= 0.6 is 0 Å². The van der Waals surface area contributed by atoms with Crippen LogP contribution in [0.3, 0.4) is 0 Å². The van der Waals surface area contributed by atoms with Gasteiger partial charge in [-0.05, 0) is 31.2 Å². The van der Waals surface area contributed by atoms with Crippen molar-refractivity contribution in [1.29, 1.82) is 0 Å². The second-order valence-corrected chi connectivity index (χ2v) is 4.52. The smallest absolute Gasteiger partial charge is 0.275 e. The van der Waals surface area contributed by atoms with Crippen LogP contribution in [0.15, 0.2) is 48.8 Å². The van der Waals surface area contributed by atoms with Crippen LogP contribution < -0.4 is 5.32 Å². The first kappa shape index (κ1) is 13.0. The molecule has 21 heavy (non-hydrogen) atoms. The standard InChI is InChI=1S/C15H13N5O/c1-10-3-2-4-12(17-10)15(21)18-14-9-13(19-20-14)11-5-7-16-8-6-11/h2-9H,1H3,(H2,18,19,20,21). The molecule has 104 valence electrons. The minimum absolute atomic E-state index is 0.286. The summed E-state index contributed by atoms with van der Waals surface area (Å²) in [5.41, 5.74) is 2.92. The highest BCUT2D eigenvalue weighted by molar-refractivity contribution is 6.02. The van der Waals surface area contributed by atoms with Crippen molar-refractivity contribution in [3.8, 4) is 11.3 Å². The maximum absolute atomic E-state index is 12.1. The number of carbonyl (C=O) groups is 1. The molecule has 3 aromatic rings. The number of amides is 1. The molecule has 1 amide bonds. The van der Waals surface area contributed by atoms with E-state index in [1.54, 1.807) is 30.6 Å². The Morgan fingerprint density at radius 3 is 2.76 bits per heavy atom. The molecule has 0 aliphatic heterocycles. The van der Waals surface area contributed by atoms with E-state index in [0.717, 1.165) is 17.0 Å². The second-order valence-electron chi connectivity index (χ2n) is 4.52. The van der Waals surface area contributed by atoms with E-state index in [4.69, 9.17) is 0 Å². The van der Waals surface area contributed by atoms with E-state index >= 15 is 0 Å². The summed E-state index contributed by atoms with van der Waals surface area (Å²) in [5, 5.41) is 9.67. The van der Waals surface area contributed by atoms with Crippen LogP contribution in [0, 0.1) is 6.92 Å². The predicted molar refractivity (Wildman–Crippen MR) is 78.7 cm³/mol. The lowest BCUT2D eigenvalue weighted by molar-refractivity contribution is 0.102. The first-order valence-corrected chi connectivity index (χ1v) is 6.43. The summed E-state index contributed by atoms with van der Waals surface area (Å²) in [6.45, 7) is 1.84. The van der Waals surface area contributed by atoms with E-state index in [9.17, 15) is 4.79 Å². The van der Waals surface area contributed by atoms with Gasteiger partial charge in [-0.15, -0.1) is 0 Å². The lowest BCUT2D eigenvalue weighted by Crippen LogP contribution is -2.14. The number of hydrogen-bond donors (Lipinski definition) is 2. The summed E-state index contributed by atoms with van der Waals surface area (Å²) in [6, 6.07) is 10.8. The van der Waals surface area contributed by atoms with Crippen molar-refractivity contribution in [3.63, 3.8) is 0 Å². The van der Waals surface area contributed by atoms with E-state index < -0.39 is 0 Å². The average Bonchev–Trinajstić information content (AvgIpc) is 2.97. The van der Waals surface area contributed by atoms with Gasteiger partial charge in [-0.3, -0.25) is 14.9 Å². The topological polar surface area (TPSA) is 83.6 Å². The van der Waals surface area contributed by atoms with Gasteiger partial charge in [0.25, 0.3) is 5.91 Å². The van der Waals surface area contributed by atoms with E-state index in [1.807, 2.05) is 25.1 Å². The number of nitrogens with one attached hydrogen (secondary N) is 2. The van der Waals surface area contributed by atoms with E-state index in [-0.39, 0.29) is 5.91 Å². The zero-order chi connectivity index (χ0) is 14.7. The molecule has 6 heteroatoms. The zero-order valence-corrected chi connectivity index (χ0v) is 11.4. The fraction of sp³-hybridized carbons (Fsp3) is 0.0667. The molecular weight excluding hydrogens is 266 g/mol. The number of anilines is 1. The van der Waals surface area contributed by atoms with Crippen molar-refractivity contribution < 1.29 is 4.79 Å². The quantitative estimate of drug-likeness (QED) is 0.771. The molecule has 0 aromatic carbocycles.